The minimum absolute atomic E-state index is 0.401. The number of hydrogen-bond donors (Lipinski definition) is 1. The molecule has 4 heterocycles. The van der Waals surface area contributed by atoms with E-state index in [0.717, 1.165) is 10.9 Å². The Morgan fingerprint density at radius 2 is 2.04 bits per heavy atom. The molecule has 23 heavy (non-hydrogen) atoms. The van der Waals surface area contributed by atoms with Crippen LogP contribution in [0.5, 0.6) is 0 Å². The molecule has 0 aromatic carbocycles. The normalized spacial score (nSPS) is 11.0. The SMILES string of the molecule is CN(Cc1nc(-c2ccncc2)no1)c1ncc2cn[nH]c2n1. The molecule has 0 bridgehead atoms. The highest BCUT2D eigenvalue weighted by Gasteiger charge is 2.13. The second-order valence-electron chi connectivity index (χ2n) is 4.95. The van der Waals surface area contributed by atoms with Crippen LogP contribution in [0, 0.1) is 0 Å². The number of nitrogens with one attached hydrogen (secondary N) is 1. The van der Waals surface area contributed by atoms with E-state index in [4.69, 9.17) is 4.52 Å². The number of aromatic amines is 1. The van der Waals surface area contributed by atoms with Crippen LogP contribution in [-0.2, 0) is 6.54 Å². The van der Waals surface area contributed by atoms with Crippen LogP contribution in [0.2, 0.25) is 0 Å². The predicted octanol–water partition coefficient (Wildman–Crippen LogP) is 1.43. The van der Waals surface area contributed by atoms with E-state index in [2.05, 4.69) is 35.3 Å². The van der Waals surface area contributed by atoms with Crippen LogP contribution in [-0.4, -0.2) is 42.3 Å². The maximum absolute atomic E-state index is 5.28. The van der Waals surface area contributed by atoms with Crippen molar-refractivity contribution in [2.24, 2.45) is 0 Å². The summed E-state index contributed by atoms with van der Waals surface area (Å²) in [6.07, 6.45) is 6.77. The van der Waals surface area contributed by atoms with Crippen molar-refractivity contribution < 1.29 is 4.52 Å². The molecule has 4 aromatic rings. The third kappa shape index (κ3) is 2.59. The summed E-state index contributed by atoms with van der Waals surface area (Å²) >= 11 is 0. The maximum atomic E-state index is 5.28. The molecule has 4 aromatic heterocycles. The van der Waals surface area contributed by atoms with E-state index in [1.54, 1.807) is 24.8 Å². The molecular weight excluding hydrogens is 296 g/mol. The highest BCUT2D eigenvalue weighted by molar-refractivity contribution is 5.73. The van der Waals surface area contributed by atoms with Crippen LogP contribution < -0.4 is 4.90 Å². The molecule has 114 valence electrons. The molecule has 0 aliphatic carbocycles. The molecule has 0 unspecified atom stereocenters. The number of H-pyrrole nitrogens is 1. The summed E-state index contributed by atoms with van der Waals surface area (Å²) in [6, 6.07) is 3.65. The van der Waals surface area contributed by atoms with Gasteiger partial charge in [-0.1, -0.05) is 5.16 Å². The topological polar surface area (TPSA) is 110 Å². The first-order valence-electron chi connectivity index (χ1n) is 6.90. The van der Waals surface area contributed by atoms with Gasteiger partial charge in [-0.3, -0.25) is 10.1 Å². The monoisotopic (exact) mass is 308 g/mol. The van der Waals surface area contributed by atoms with Gasteiger partial charge in [0.05, 0.1) is 18.1 Å². The first kappa shape index (κ1) is 13.3. The van der Waals surface area contributed by atoms with E-state index in [9.17, 15) is 0 Å². The van der Waals surface area contributed by atoms with Crippen LogP contribution in [0.25, 0.3) is 22.4 Å². The smallest absolute Gasteiger partial charge is 0.246 e. The van der Waals surface area contributed by atoms with Crippen molar-refractivity contribution in [3.8, 4) is 11.4 Å². The molecular formula is C14H12N8O. The lowest BCUT2D eigenvalue weighted by Crippen LogP contribution is -2.19. The number of fused-ring (bicyclic) bond motifs is 1. The predicted molar refractivity (Wildman–Crippen MR) is 81.3 cm³/mol. The van der Waals surface area contributed by atoms with Gasteiger partial charge >= 0.3 is 0 Å². The van der Waals surface area contributed by atoms with Gasteiger partial charge in [0.15, 0.2) is 5.65 Å². The maximum Gasteiger partial charge on any atom is 0.246 e. The average Bonchev–Trinajstić information content (AvgIpc) is 3.24. The van der Waals surface area contributed by atoms with Gasteiger partial charge in [0.25, 0.3) is 0 Å². The first-order chi connectivity index (χ1) is 11.3. The van der Waals surface area contributed by atoms with Crippen LogP contribution in [0.1, 0.15) is 5.89 Å². The van der Waals surface area contributed by atoms with Crippen molar-refractivity contribution in [2.45, 2.75) is 6.54 Å². The minimum atomic E-state index is 0.401. The second kappa shape index (κ2) is 5.44. The third-order valence-electron chi connectivity index (χ3n) is 3.30. The fourth-order valence-electron chi connectivity index (χ4n) is 2.12. The Morgan fingerprint density at radius 1 is 1.17 bits per heavy atom. The van der Waals surface area contributed by atoms with Gasteiger partial charge in [0.2, 0.25) is 17.7 Å². The highest BCUT2D eigenvalue weighted by Crippen LogP contribution is 2.16. The van der Waals surface area contributed by atoms with Gasteiger partial charge in [-0.25, -0.2) is 4.98 Å². The van der Waals surface area contributed by atoms with Crippen molar-refractivity contribution in [3.05, 3.63) is 42.8 Å². The molecule has 0 spiro atoms. The number of pyridine rings is 1. The fourth-order valence-corrected chi connectivity index (χ4v) is 2.12. The lowest BCUT2D eigenvalue weighted by molar-refractivity contribution is 0.378. The summed E-state index contributed by atoms with van der Waals surface area (Å²) in [5, 5.41) is 11.6. The zero-order valence-corrected chi connectivity index (χ0v) is 12.2. The molecule has 0 radical (unpaired) electrons. The largest absolute Gasteiger partial charge is 0.337 e. The Bertz CT molecular complexity index is 932. The molecule has 0 atom stereocenters. The summed E-state index contributed by atoms with van der Waals surface area (Å²) in [5.41, 5.74) is 1.54. The molecule has 0 saturated heterocycles. The molecule has 9 nitrogen and oxygen atoms in total. The molecule has 1 N–H and O–H groups in total. The van der Waals surface area contributed by atoms with Gasteiger partial charge in [0, 0.05) is 31.2 Å². The summed E-state index contributed by atoms with van der Waals surface area (Å²) < 4.78 is 5.28. The summed E-state index contributed by atoms with van der Waals surface area (Å²) in [6.45, 7) is 0.401. The van der Waals surface area contributed by atoms with Crippen molar-refractivity contribution >= 4 is 17.0 Å². The lowest BCUT2D eigenvalue weighted by atomic mass is 10.2. The summed E-state index contributed by atoms with van der Waals surface area (Å²) in [5.74, 6) is 1.55. The van der Waals surface area contributed by atoms with Crippen LogP contribution in [0.3, 0.4) is 0 Å². The van der Waals surface area contributed by atoms with Crippen LogP contribution >= 0.6 is 0 Å². The van der Waals surface area contributed by atoms with Gasteiger partial charge in [-0.15, -0.1) is 0 Å². The minimum Gasteiger partial charge on any atom is -0.337 e. The number of rotatable bonds is 4. The second-order valence-corrected chi connectivity index (χ2v) is 4.95. The van der Waals surface area contributed by atoms with Gasteiger partial charge < -0.3 is 9.42 Å². The van der Waals surface area contributed by atoms with Crippen molar-refractivity contribution in [1.82, 2.24) is 35.3 Å². The average molecular weight is 308 g/mol. The zero-order chi connectivity index (χ0) is 15.6. The number of aromatic nitrogens is 7. The number of nitrogens with zero attached hydrogens (tertiary/aromatic N) is 7. The molecule has 0 saturated carbocycles. The Balaban J connectivity index is 1.54. The zero-order valence-electron chi connectivity index (χ0n) is 12.2. The van der Waals surface area contributed by atoms with Gasteiger partial charge in [-0.2, -0.15) is 15.1 Å². The molecule has 0 fully saturated rings. The number of anilines is 1. The standard InChI is InChI=1S/C14H12N8O/c1-22(14-16-6-10-7-17-20-12(10)19-14)8-11-18-13(21-23-11)9-2-4-15-5-3-9/h2-7H,8H2,1H3,(H,16,17,19,20). The molecule has 9 heteroatoms. The lowest BCUT2D eigenvalue weighted by Gasteiger charge is -2.13. The molecule has 0 amide bonds. The highest BCUT2D eigenvalue weighted by atomic mass is 16.5. The molecule has 4 rings (SSSR count). The quantitative estimate of drug-likeness (QED) is 0.603. The van der Waals surface area contributed by atoms with Crippen LogP contribution in [0.15, 0.2) is 41.4 Å². The van der Waals surface area contributed by atoms with E-state index >= 15 is 0 Å². The summed E-state index contributed by atoms with van der Waals surface area (Å²) in [7, 11) is 1.86. The Labute approximate surface area is 130 Å². The van der Waals surface area contributed by atoms with Crippen LogP contribution in [0.4, 0.5) is 5.95 Å². The van der Waals surface area contributed by atoms with E-state index in [1.807, 2.05) is 24.1 Å². The van der Waals surface area contributed by atoms with Gasteiger partial charge in [-0.05, 0) is 12.1 Å². The third-order valence-corrected chi connectivity index (χ3v) is 3.30. The summed E-state index contributed by atoms with van der Waals surface area (Å²) in [4.78, 5) is 18.9. The Hall–Kier alpha value is -3.36. The molecule has 0 aliphatic heterocycles. The Morgan fingerprint density at radius 3 is 2.91 bits per heavy atom. The van der Waals surface area contributed by atoms with E-state index in [0.29, 0.717) is 29.9 Å². The molecule has 0 aliphatic rings. The first-order valence-corrected chi connectivity index (χ1v) is 6.90. The van der Waals surface area contributed by atoms with Crippen molar-refractivity contribution in [3.63, 3.8) is 0 Å². The van der Waals surface area contributed by atoms with Gasteiger partial charge in [0.1, 0.15) is 0 Å². The van der Waals surface area contributed by atoms with E-state index < -0.39 is 0 Å². The fraction of sp³-hybridized carbons (Fsp3) is 0.143. The van der Waals surface area contributed by atoms with Crippen molar-refractivity contribution in [2.75, 3.05) is 11.9 Å². The number of hydrogen-bond acceptors (Lipinski definition) is 8. The van der Waals surface area contributed by atoms with E-state index in [1.165, 1.54) is 0 Å². The van der Waals surface area contributed by atoms with Crippen molar-refractivity contribution in [1.29, 1.82) is 0 Å². The Kier molecular flexibility index (Phi) is 3.15. The van der Waals surface area contributed by atoms with E-state index in [-0.39, 0.29) is 0 Å².